The van der Waals surface area contributed by atoms with Crippen molar-refractivity contribution in [2.75, 3.05) is 13.6 Å². The van der Waals surface area contributed by atoms with Crippen LogP contribution in [0.4, 0.5) is 0 Å². The molecule has 1 aromatic heterocycles. The number of pyridine rings is 1. The number of aliphatic hydroxyl groups excluding tert-OH is 1. The molecule has 110 valence electrons. The molecule has 5 heteroatoms. The number of hydrogen-bond donors (Lipinski definition) is 1. The highest BCUT2D eigenvalue weighted by molar-refractivity contribution is 6.30. The zero-order chi connectivity index (χ0) is 15.2. The lowest BCUT2D eigenvalue weighted by atomic mass is 10.1. The van der Waals surface area contributed by atoms with Gasteiger partial charge < -0.3 is 10.0 Å². The Balaban J connectivity index is 1.94. The summed E-state index contributed by atoms with van der Waals surface area (Å²) >= 11 is 5.79. The van der Waals surface area contributed by atoms with Gasteiger partial charge in [-0.1, -0.05) is 23.7 Å². The van der Waals surface area contributed by atoms with E-state index in [1.807, 2.05) is 12.1 Å². The topological polar surface area (TPSA) is 53.4 Å². The van der Waals surface area contributed by atoms with Crippen LogP contribution in [0.2, 0.25) is 5.02 Å². The Bertz CT molecular complexity index is 587. The maximum Gasteiger partial charge on any atom is 0.255 e. The molecule has 2 aromatic rings. The van der Waals surface area contributed by atoms with E-state index in [1.54, 1.807) is 43.7 Å². The molecule has 0 aliphatic heterocycles. The van der Waals surface area contributed by atoms with Gasteiger partial charge in [-0.2, -0.15) is 0 Å². The van der Waals surface area contributed by atoms with Gasteiger partial charge in [-0.15, -0.1) is 0 Å². The van der Waals surface area contributed by atoms with E-state index in [4.69, 9.17) is 11.6 Å². The summed E-state index contributed by atoms with van der Waals surface area (Å²) in [5.74, 6) is -0.327. The van der Waals surface area contributed by atoms with Crippen LogP contribution >= 0.6 is 11.6 Å². The van der Waals surface area contributed by atoms with Gasteiger partial charge in [0.25, 0.3) is 5.91 Å². The van der Waals surface area contributed by atoms with Crippen LogP contribution in [0.25, 0.3) is 0 Å². The number of likely N-dealkylation sites (N-methyl/N-ethyl adjacent to an activating group) is 1. The number of amides is 1. The van der Waals surface area contributed by atoms with E-state index in [1.165, 1.54) is 4.90 Å². The molecule has 0 bridgehead atoms. The minimum atomic E-state index is -1.16. The molecule has 2 rings (SSSR count). The number of hydrogen-bond acceptors (Lipinski definition) is 3. The van der Waals surface area contributed by atoms with Crippen molar-refractivity contribution in [2.45, 2.75) is 12.5 Å². The van der Waals surface area contributed by atoms with Gasteiger partial charge >= 0.3 is 0 Å². The third-order valence-corrected chi connectivity index (χ3v) is 3.53. The summed E-state index contributed by atoms with van der Waals surface area (Å²) in [5, 5.41) is 10.7. The second kappa shape index (κ2) is 7.20. The highest BCUT2D eigenvalue weighted by atomic mass is 35.5. The van der Waals surface area contributed by atoms with Crippen LogP contribution in [0.5, 0.6) is 0 Å². The Kier molecular flexibility index (Phi) is 5.31. The number of carbonyl (C=O) groups excluding carboxylic acids is 1. The molecule has 0 fully saturated rings. The summed E-state index contributed by atoms with van der Waals surface area (Å²) in [6, 6.07) is 10.4. The Morgan fingerprint density at radius 3 is 2.48 bits per heavy atom. The Labute approximate surface area is 129 Å². The minimum Gasteiger partial charge on any atom is -0.378 e. The van der Waals surface area contributed by atoms with Crippen LogP contribution < -0.4 is 0 Å². The van der Waals surface area contributed by atoms with E-state index in [0.29, 0.717) is 17.1 Å². The molecule has 1 atom stereocenters. The van der Waals surface area contributed by atoms with Crippen LogP contribution in [0.3, 0.4) is 0 Å². The Morgan fingerprint density at radius 1 is 1.24 bits per heavy atom. The summed E-state index contributed by atoms with van der Waals surface area (Å²) in [5.41, 5.74) is 1.64. The largest absolute Gasteiger partial charge is 0.378 e. The molecule has 4 nitrogen and oxygen atoms in total. The predicted octanol–water partition coefficient (Wildman–Crippen LogP) is 2.47. The lowest BCUT2D eigenvalue weighted by Gasteiger charge is -2.21. The first kappa shape index (κ1) is 15.5. The second-order valence-electron chi connectivity index (χ2n) is 4.82. The average Bonchev–Trinajstić information content (AvgIpc) is 2.53. The number of benzene rings is 1. The van der Waals surface area contributed by atoms with Crippen LogP contribution in [0.1, 0.15) is 17.2 Å². The average molecular weight is 305 g/mol. The molecule has 1 unspecified atom stereocenters. The van der Waals surface area contributed by atoms with E-state index >= 15 is 0 Å². The summed E-state index contributed by atoms with van der Waals surface area (Å²) in [7, 11) is 1.68. The van der Waals surface area contributed by atoms with Crippen molar-refractivity contribution in [1.29, 1.82) is 0 Å². The van der Waals surface area contributed by atoms with Gasteiger partial charge in [0, 0.05) is 31.0 Å². The monoisotopic (exact) mass is 304 g/mol. The minimum absolute atomic E-state index is 0.327. The van der Waals surface area contributed by atoms with Crippen LogP contribution in [-0.2, 0) is 11.2 Å². The fourth-order valence-electron chi connectivity index (χ4n) is 1.95. The second-order valence-corrected chi connectivity index (χ2v) is 5.26. The molecule has 1 heterocycles. The van der Waals surface area contributed by atoms with E-state index in [0.717, 1.165) is 12.0 Å². The van der Waals surface area contributed by atoms with Crippen molar-refractivity contribution in [1.82, 2.24) is 9.88 Å². The van der Waals surface area contributed by atoms with Crippen molar-refractivity contribution in [2.24, 2.45) is 0 Å². The number of aliphatic hydroxyl groups is 1. The summed E-state index contributed by atoms with van der Waals surface area (Å²) < 4.78 is 0. The molecule has 0 saturated heterocycles. The van der Waals surface area contributed by atoms with Gasteiger partial charge in [0.15, 0.2) is 6.10 Å². The number of nitrogens with zero attached hydrogens (tertiary/aromatic N) is 2. The quantitative estimate of drug-likeness (QED) is 0.923. The van der Waals surface area contributed by atoms with Gasteiger partial charge in [0.05, 0.1) is 0 Å². The first-order chi connectivity index (χ1) is 10.1. The maximum atomic E-state index is 12.2. The molecule has 21 heavy (non-hydrogen) atoms. The van der Waals surface area contributed by atoms with Gasteiger partial charge in [-0.25, -0.2) is 0 Å². The van der Waals surface area contributed by atoms with Crippen LogP contribution in [-0.4, -0.2) is 34.5 Å². The summed E-state index contributed by atoms with van der Waals surface area (Å²) in [4.78, 5) is 17.7. The van der Waals surface area contributed by atoms with E-state index in [2.05, 4.69) is 4.98 Å². The molecule has 0 radical (unpaired) electrons. The van der Waals surface area contributed by atoms with Gasteiger partial charge in [-0.05, 0) is 41.8 Å². The molecule has 1 N–H and O–H groups in total. The molecule has 0 aliphatic rings. The zero-order valence-electron chi connectivity index (χ0n) is 11.7. The highest BCUT2D eigenvalue weighted by Gasteiger charge is 2.20. The predicted molar refractivity (Wildman–Crippen MR) is 82.0 cm³/mol. The van der Waals surface area contributed by atoms with Crippen molar-refractivity contribution < 1.29 is 9.90 Å². The van der Waals surface area contributed by atoms with Crippen LogP contribution in [0, 0.1) is 0 Å². The first-order valence-corrected chi connectivity index (χ1v) is 7.03. The molecule has 0 saturated carbocycles. The molecular weight excluding hydrogens is 288 g/mol. The summed E-state index contributed by atoms with van der Waals surface area (Å²) in [6.07, 6.45) is 3.00. The first-order valence-electron chi connectivity index (χ1n) is 6.65. The third kappa shape index (κ3) is 4.28. The van der Waals surface area contributed by atoms with Crippen molar-refractivity contribution in [3.63, 3.8) is 0 Å². The van der Waals surface area contributed by atoms with E-state index in [9.17, 15) is 9.90 Å². The van der Waals surface area contributed by atoms with Crippen molar-refractivity contribution in [3.05, 3.63) is 64.9 Å². The zero-order valence-corrected chi connectivity index (χ0v) is 12.5. The lowest BCUT2D eigenvalue weighted by Crippen LogP contribution is -2.33. The SMILES string of the molecule is CN(CCc1ccncc1)C(=O)C(O)c1ccc(Cl)cc1. The van der Waals surface area contributed by atoms with Crippen molar-refractivity contribution in [3.8, 4) is 0 Å². The molecule has 0 aliphatic carbocycles. The normalized spacial score (nSPS) is 12.0. The third-order valence-electron chi connectivity index (χ3n) is 3.28. The molecule has 1 aromatic carbocycles. The number of halogens is 1. The summed E-state index contributed by atoms with van der Waals surface area (Å²) in [6.45, 7) is 0.535. The van der Waals surface area contributed by atoms with Crippen molar-refractivity contribution >= 4 is 17.5 Å². The Hall–Kier alpha value is -1.91. The van der Waals surface area contributed by atoms with E-state index < -0.39 is 6.10 Å². The van der Waals surface area contributed by atoms with Gasteiger partial charge in [0.1, 0.15) is 0 Å². The number of carbonyl (C=O) groups is 1. The highest BCUT2D eigenvalue weighted by Crippen LogP contribution is 2.18. The lowest BCUT2D eigenvalue weighted by molar-refractivity contribution is -0.139. The van der Waals surface area contributed by atoms with E-state index in [-0.39, 0.29) is 5.91 Å². The molecule has 0 spiro atoms. The van der Waals surface area contributed by atoms with Gasteiger partial charge in [0.2, 0.25) is 0 Å². The fraction of sp³-hybridized carbons (Fsp3) is 0.250. The Morgan fingerprint density at radius 2 is 1.86 bits per heavy atom. The number of rotatable bonds is 5. The molecular formula is C16H17ClN2O2. The maximum absolute atomic E-state index is 12.2. The smallest absolute Gasteiger partial charge is 0.255 e. The fourth-order valence-corrected chi connectivity index (χ4v) is 2.08. The standard InChI is InChI=1S/C16H17ClN2O2/c1-19(11-8-12-6-9-18-10-7-12)16(21)15(20)13-2-4-14(17)5-3-13/h2-7,9-10,15,20H,8,11H2,1H3. The number of aromatic nitrogens is 1. The van der Waals surface area contributed by atoms with Crippen LogP contribution in [0.15, 0.2) is 48.8 Å². The molecule has 1 amide bonds. The van der Waals surface area contributed by atoms with Gasteiger partial charge in [-0.3, -0.25) is 9.78 Å².